The van der Waals surface area contributed by atoms with Gasteiger partial charge in [-0.05, 0) is 30.7 Å². The third-order valence-corrected chi connectivity index (χ3v) is 3.33. The van der Waals surface area contributed by atoms with Crippen LogP contribution in [-0.4, -0.2) is 16.7 Å². The van der Waals surface area contributed by atoms with Gasteiger partial charge in [-0.3, -0.25) is 19.7 Å². The van der Waals surface area contributed by atoms with Crippen molar-refractivity contribution in [3.63, 3.8) is 0 Å². The van der Waals surface area contributed by atoms with Gasteiger partial charge in [0, 0.05) is 17.7 Å². The van der Waals surface area contributed by atoms with Gasteiger partial charge in [0.25, 0.3) is 11.6 Å². The molecule has 2 aromatic carbocycles. The Kier molecular flexibility index (Phi) is 4.70. The number of carbonyl (C=O) groups excluding carboxylic acids is 2. The molecule has 0 radical (unpaired) electrons. The number of nitro benzene ring substituents is 1. The first kappa shape index (κ1) is 16.2. The van der Waals surface area contributed by atoms with Crippen molar-refractivity contribution in [2.75, 3.05) is 0 Å². The molecule has 7 heteroatoms. The van der Waals surface area contributed by atoms with Crippen molar-refractivity contribution in [3.05, 3.63) is 74.8 Å². The minimum absolute atomic E-state index is 0.000978. The second kappa shape index (κ2) is 6.69. The van der Waals surface area contributed by atoms with Crippen LogP contribution in [0.25, 0.3) is 0 Å². The molecule has 0 aliphatic rings. The Morgan fingerprint density at radius 3 is 2.57 bits per heavy atom. The molecule has 2 amide bonds. The van der Waals surface area contributed by atoms with Crippen molar-refractivity contribution in [2.24, 2.45) is 5.73 Å². The lowest BCUT2D eigenvalue weighted by atomic mass is 10.1. The van der Waals surface area contributed by atoms with Gasteiger partial charge in [0.15, 0.2) is 0 Å². The van der Waals surface area contributed by atoms with Gasteiger partial charge in [0.2, 0.25) is 5.91 Å². The summed E-state index contributed by atoms with van der Waals surface area (Å²) >= 11 is 0. The van der Waals surface area contributed by atoms with E-state index in [2.05, 4.69) is 5.32 Å². The molecule has 0 saturated heterocycles. The van der Waals surface area contributed by atoms with E-state index in [0.717, 1.165) is 0 Å². The number of nitro groups is 1. The van der Waals surface area contributed by atoms with Gasteiger partial charge in [-0.25, -0.2) is 0 Å². The van der Waals surface area contributed by atoms with E-state index in [1.54, 1.807) is 43.3 Å². The number of hydrogen-bond donors (Lipinski definition) is 2. The van der Waals surface area contributed by atoms with Crippen LogP contribution in [0.3, 0.4) is 0 Å². The maximum Gasteiger partial charge on any atom is 0.285 e. The zero-order valence-electron chi connectivity index (χ0n) is 12.4. The molecule has 0 bridgehead atoms. The Morgan fingerprint density at radius 1 is 1.22 bits per heavy atom. The normalized spacial score (nSPS) is 10.1. The first-order valence-corrected chi connectivity index (χ1v) is 6.81. The third kappa shape index (κ3) is 3.70. The summed E-state index contributed by atoms with van der Waals surface area (Å²) in [5.74, 6) is -1.11. The predicted octanol–water partition coefficient (Wildman–Crippen LogP) is 1.93. The number of aryl methyl sites for hydroxylation is 1. The number of primary amides is 1. The van der Waals surface area contributed by atoms with Gasteiger partial charge < -0.3 is 11.1 Å². The monoisotopic (exact) mass is 313 g/mol. The van der Waals surface area contributed by atoms with E-state index < -0.39 is 16.7 Å². The second-order valence-electron chi connectivity index (χ2n) is 4.98. The molecule has 0 aromatic heterocycles. The highest BCUT2D eigenvalue weighted by atomic mass is 16.6. The fraction of sp³-hybridized carbons (Fsp3) is 0.125. The zero-order chi connectivity index (χ0) is 17.0. The molecule has 0 unspecified atom stereocenters. The van der Waals surface area contributed by atoms with Crippen molar-refractivity contribution in [3.8, 4) is 0 Å². The number of nitrogens with zero attached hydrogens (tertiary/aromatic N) is 1. The molecule has 2 rings (SSSR count). The summed E-state index contributed by atoms with van der Waals surface area (Å²) < 4.78 is 0. The molecule has 7 nitrogen and oxygen atoms in total. The topological polar surface area (TPSA) is 115 Å². The van der Waals surface area contributed by atoms with E-state index in [1.807, 2.05) is 0 Å². The first-order chi connectivity index (χ1) is 10.9. The predicted molar refractivity (Wildman–Crippen MR) is 84.0 cm³/mol. The first-order valence-electron chi connectivity index (χ1n) is 6.81. The lowest BCUT2D eigenvalue weighted by molar-refractivity contribution is -0.385. The maximum absolute atomic E-state index is 12.2. The van der Waals surface area contributed by atoms with Crippen LogP contribution in [0.1, 0.15) is 31.8 Å². The van der Waals surface area contributed by atoms with E-state index in [-0.39, 0.29) is 17.8 Å². The third-order valence-electron chi connectivity index (χ3n) is 3.33. The van der Waals surface area contributed by atoms with E-state index in [0.29, 0.717) is 16.7 Å². The number of carbonyl (C=O) groups is 2. The van der Waals surface area contributed by atoms with E-state index in [9.17, 15) is 19.7 Å². The molecular formula is C16H15N3O4. The molecule has 0 spiro atoms. The van der Waals surface area contributed by atoms with Crippen LogP contribution in [0.2, 0.25) is 0 Å². The van der Waals surface area contributed by atoms with Crippen LogP contribution in [0.4, 0.5) is 5.69 Å². The van der Waals surface area contributed by atoms with Crippen LogP contribution in [0, 0.1) is 17.0 Å². The highest BCUT2D eigenvalue weighted by molar-refractivity contribution is 5.98. The summed E-state index contributed by atoms with van der Waals surface area (Å²) in [5.41, 5.74) is 6.41. The average Bonchev–Trinajstić information content (AvgIpc) is 2.52. The molecule has 0 saturated carbocycles. The second-order valence-corrected chi connectivity index (χ2v) is 4.98. The molecule has 0 aliphatic carbocycles. The summed E-state index contributed by atoms with van der Waals surface area (Å²) in [5, 5.41) is 13.7. The molecular weight excluding hydrogens is 298 g/mol. The number of nitrogens with two attached hydrogens (primary N) is 1. The highest BCUT2D eigenvalue weighted by Gasteiger charge is 2.22. The average molecular weight is 313 g/mol. The van der Waals surface area contributed by atoms with Gasteiger partial charge in [0.05, 0.1) is 4.92 Å². The Balaban J connectivity index is 2.18. The number of benzene rings is 2. The summed E-state index contributed by atoms with van der Waals surface area (Å²) in [6.07, 6.45) is 0. The Hall–Kier alpha value is -3.22. The summed E-state index contributed by atoms with van der Waals surface area (Å²) in [4.78, 5) is 33.9. The van der Waals surface area contributed by atoms with E-state index >= 15 is 0 Å². The number of hydrogen-bond acceptors (Lipinski definition) is 4. The number of nitrogens with one attached hydrogen (secondary N) is 1. The summed E-state index contributed by atoms with van der Waals surface area (Å²) in [7, 11) is 0. The lowest BCUT2D eigenvalue weighted by Gasteiger charge is -2.08. The lowest BCUT2D eigenvalue weighted by Crippen LogP contribution is -2.24. The quantitative estimate of drug-likeness (QED) is 0.648. The molecule has 0 heterocycles. The van der Waals surface area contributed by atoms with Crippen LogP contribution >= 0.6 is 0 Å². The van der Waals surface area contributed by atoms with Crippen molar-refractivity contribution in [1.82, 2.24) is 5.32 Å². The summed E-state index contributed by atoms with van der Waals surface area (Å²) in [6, 6.07) is 11.1. The number of amides is 2. The molecule has 2 aromatic rings. The standard InChI is InChI=1S/C16H15N3O4/c1-10-4-2-7-13(14(10)19(22)23)16(21)18-9-11-5-3-6-12(8-11)15(17)20/h2-8H,9H2,1H3,(H2,17,20)(H,18,21). The van der Waals surface area contributed by atoms with Gasteiger partial charge >= 0.3 is 0 Å². The van der Waals surface area contributed by atoms with Crippen molar-refractivity contribution < 1.29 is 14.5 Å². The Bertz CT molecular complexity index is 787. The minimum atomic E-state index is -0.571. The largest absolute Gasteiger partial charge is 0.366 e. The molecule has 0 fully saturated rings. The fourth-order valence-corrected chi connectivity index (χ4v) is 2.20. The van der Waals surface area contributed by atoms with Crippen molar-refractivity contribution in [1.29, 1.82) is 0 Å². The van der Waals surface area contributed by atoms with Crippen LogP contribution in [-0.2, 0) is 6.54 Å². The van der Waals surface area contributed by atoms with Crippen LogP contribution < -0.4 is 11.1 Å². The number of para-hydroxylation sites is 1. The summed E-state index contributed by atoms with van der Waals surface area (Å²) in [6.45, 7) is 1.70. The van der Waals surface area contributed by atoms with Gasteiger partial charge in [-0.1, -0.05) is 24.3 Å². The molecule has 118 valence electrons. The van der Waals surface area contributed by atoms with E-state index in [4.69, 9.17) is 5.73 Å². The SMILES string of the molecule is Cc1cccc(C(=O)NCc2cccc(C(N)=O)c2)c1[N+](=O)[O-]. The number of rotatable bonds is 5. The van der Waals surface area contributed by atoms with Gasteiger partial charge in [0.1, 0.15) is 5.56 Å². The highest BCUT2D eigenvalue weighted by Crippen LogP contribution is 2.22. The molecule has 0 aliphatic heterocycles. The molecule has 3 N–H and O–H groups in total. The van der Waals surface area contributed by atoms with Crippen LogP contribution in [0.15, 0.2) is 42.5 Å². The van der Waals surface area contributed by atoms with Crippen LogP contribution in [0.5, 0.6) is 0 Å². The maximum atomic E-state index is 12.2. The Morgan fingerprint density at radius 2 is 1.91 bits per heavy atom. The molecule has 23 heavy (non-hydrogen) atoms. The fourth-order valence-electron chi connectivity index (χ4n) is 2.20. The van der Waals surface area contributed by atoms with E-state index in [1.165, 1.54) is 6.07 Å². The van der Waals surface area contributed by atoms with Gasteiger partial charge in [-0.15, -0.1) is 0 Å². The Labute approximate surface area is 132 Å². The zero-order valence-corrected chi connectivity index (χ0v) is 12.4. The van der Waals surface area contributed by atoms with Crippen molar-refractivity contribution in [2.45, 2.75) is 13.5 Å². The molecule has 0 atom stereocenters. The smallest absolute Gasteiger partial charge is 0.285 e. The van der Waals surface area contributed by atoms with Crippen molar-refractivity contribution >= 4 is 17.5 Å². The minimum Gasteiger partial charge on any atom is -0.366 e. The van der Waals surface area contributed by atoms with Gasteiger partial charge in [-0.2, -0.15) is 0 Å².